The molecule has 1 nitrogen and oxygen atoms in total. The Morgan fingerprint density at radius 3 is 2.07 bits per heavy atom. The molecular formula is C25H37FO. The molecule has 0 atom stereocenters. The Bertz CT molecular complexity index is 548. The molecule has 27 heavy (non-hydrogen) atoms. The van der Waals surface area contributed by atoms with Crippen LogP contribution in [0.3, 0.4) is 0 Å². The molecular weight excluding hydrogens is 335 g/mol. The molecule has 2 saturated carbocycles. The molecule has 0 spiro atoms. The van der Waals surface area contributed by atoms with E-state index in [2.05, 4.69) is 19.1 Å². The fourth-order valence-electron chi connectivity index (χ4n) is 5.21. The molecule has 0 saturated heterocycles. The molecule has 1 aromatic rings. The standard InChI is InChI=1S/C25H37FO/c1-2-3-4-5-6-20-7-11-22(12-8-20)23-13-9-21(10-14-23)19-27-25-17-15-24(26)16-18-25/h2-3,15-18,20-23H,4-14,19H2,1H3/b3-2-/t20-,21?,22-,23?. The number of halogens is 1. The van der Waals surface area contributed by atoms with Crippen molar-refractivity contribution in [2.75, 3.05) is 6.61 Å². The first-order valence-electron chi connectivity index (χ1n) is 11.2. The predicted molar refractivity (Wildman–Crippen MR) is 111 cm³/mol. The zero-order chi connectivity index (χ0) is 18.9. The van der Waals surface area contributed by atoms with E-state index in [1.807, 2.05) is 0 Å². The first-order chi connectivity index (χ1) is 13.2. The average molecular weight is 373 g/mol. The minimum atomic E-state index is -0.199. The smallest absolute Gasteiger partial charge is 0.123 e. The van der Waals surface area contributed by atoms with E-state index in [4.69, 9.17) is 4.74 Å². The van der Waals surface area contributed by atoms with Crippen LogP contribution in [0.4, 0.5) is 4.39 Å². The van der Waals surface area contributed by atoms with Crippen molar-refractivity contribution in [3.63, 3.8) is 0 Å². The van der Waals surface area contributed by atoms with Gasteiger partial charge in [-0.3, -0.25) is 0 Å². The lowest BCUT2D eigenvalue weighted by molar-refractivity contribution is 0.121. The second-order valence-corrected chi connectivity index (χ2v) is 8.83. The number of hydrogen-bond acceptors (Lipinski definition) is 1. The van der Waals surface area contributed by atoms with Crippen LogP contribution in [0.5, 0.6) is 5.75 Å². The lowest BCUT2D eigenvalue weighted by Crippen LogP contribution is -2.27. The van der Waals surface area contributed by atoms with E-state index in [1.54, 1.807) is 12.1 Å². The van der Waals surface area contributed by atoms with Crippen LogP contribution in [0.15, 0.2) is 36.4 Å². The molecule has 0 N–H and O–H groups in total. The minimum absolute atomic E-state index is 0.199. The van der Waals surface area contributed by atoms with Crippen LogP contribution < -0.4 is 4.74 Å². The van der Waals surface area contributed by atoms with Crippen LogP contribution in [-0.4, -0.2) is 6.61 Å². The Kier molecular flexibility index (Phi) is 8.23. The van der Waals surface area contributed by atoms with Gasteiger partial charge in [0.15, 0.2) is 0 Å². The lowest BCUT2D eigenvalue weighted by atomic mass is 9.69. The number of ether oxygens (including phenoxy) is 1. The molecule has 0 bridgehead atoms. The van der Waals surface area contributed by atoms with Crippen LogP contribution >= 0.6 is 0 Å². The Morgan fingerprint density at radius 2 is 1.48 bits per heavy atom. The molecule has 0 unspecified atom stereocenters. The summed E-state index contributed by atoms with van der Waals surface area (Å²) in [5.41, 5.74) is 0. The molecule has 150 valence electrons. The maximum absolute atomic E-state index is 13.0. The van der Waals surface area contributed by atoms with Crippen molar-refractivity contribution < 1.29 is 9.13 Å². The summed E-state index contributed by atoms with van der Waals surface area (Å²) in [6, 6.07) is 6.42. The molecule has 0 aromatic heterocycles. The van der Waals surface area contributed by atoms with Crippen LogP contribution in [-0.2, 0) is 0 Å². The Hall–Kier alpha value is -1.31. The fourth-order valence-corrected chi connectivity index (χ4v) is 5.21. The zero-order valence-corrected chi connectivity index (χ0v) is 17.0. The number of hydrogen-bond donors (Lipinski definition) is 0. The molecule has 2 aliphatic rings. The van der Waals surface area contributed by atoms with Gasteiger partial charge in [-0.25, -0.2) is 4.39 Å². The third-order valence-corrected chi connectivity index (χ3v) is 6.97. The molecule has 0 heterocycles. The van der Waals surface area contributed by atoms with E-state index in [9.17, 15) is 4.39 Å². The van der Waals surface area contributed by atoms with Gasteiger partial charge in [-0.2, -0.15) is 0 Å². The summed E-state index contributed by atoms with van der Waals surface area (Å²) in [4.78, 5) is 0. The van der Waals surface area contributed by atoms with E-state index in [0.29, 0.717) is 5.92 Å². The maximum Gasteiger partial charge on any atom is 0.123 e. The summed E-state index contributed by atoms with van der Waals surface area (Å²) < 4.78 is 18.8. The molecule has 0 amide bonds. The highest BCUT2D eigenvalue weighted by molar-refractivity contribution is 5.22. The summed E-state index contributed by atoms with van der Waals surface area (Å²) >= 11 is 0. The van der Waals surface area contributed by atoms with Gasteiger partial charge in [0.2, 0.25) is 0 Å². The van der Waals surface area contributed by atoms with E-state index in [-0.39, 0.29) is 5.82 Å². The zero-order valence-electron chi connectivity index (χ0n) is 17.0. The molecule has 3 rings (SSSR count). The van der Waals surface area contributed by atoms with Crippen molar-refractivity contribution in [3.8, 4) is 5.75 Å². The van der Waals surface area contributed by atoms with Crippen molar-refractivity contribution in [1.82, 2.24) is 0 Å². The Labute approximate surface area is 165 Å². The molecule has 1 aromatic carbocycles. The topological polar surface area (TPSA) is 9.23 Å². The van der Waals surface area contributed by atoms with E-state index >= 15 is 0 Å². The van der Waals surface area contributed by atoms with Crippen molar-refractivity contribution >= 4 is 0 Å². The molecule has 2 fully saturated rings. The third-order valence-electron chi connectivity index (χ3n) is 6.97. The third kappa shape index (κ3) is 6.66. The second kappa shape index (κ2) is 10.9. The summed E-state index contributed by atoms with van der Waals surface area (Å²) in [7, 11) is 0. The maximum atomic E-state index is 13.0. The lowest BCUT2D eigenvalue weighted by Gasteiger charge is -2.38. The summed E-state index contributed by atoms with van der Waals surface area (Å²) in [6.45, 7) is 2.91. The highest BCUT2D eigenvalue weighted by Crippen LogP contribution is 2.42. The summed E-state index contributed by atoms with van der Waals surface area (Å²) in [5, 5.41) is 0. The molecule has 2 aliphatic carbocycles. The first kappa shape index (κ1) is 20.4. The quantitative estimate of drug-likeness (QED) is 0.338. The van der Waals surface area contributed by atoms with Gasteiger partial charge < -0.3 is 4.74 Å². The minimum Gasteiger partial charge on any atom is -0.493 e. The highest BCUT2D eigenvalue weighted by Gasteiger charge is 2.30. The van der Waals surface area contributed by atoms with E-state index in [0.717, 1.165) is 30.1 Å². The fraction of sp³-hybridized carbons (Fsp3) is 0.680. The van der Waals surface area contributed by atoms with Crippen molar-refractivity contribution in [2.45, 2.75) is 77.6 Å². The van der Waals surface area contributed by atoms with Crippen molar-refractivity contribution in [2.24, 2.45) is 23.7 Å². The van der Waals surface area contributed by atoms with Crippen LogP contribution in [0.1, 0.15) is 77.6 Å². The Balaban J connectivity index is 1.31. The largest absolute Gasteiger partial charge is 0.493 e. The van der Waals surface area contributed by atoms with Gasteiger partial charge in [-0.15, -0.1) is 0 Å². The van der Waals surface area contributed by atoms with Crippen molar-refractivity contribution in [3.05, 3.63) is 42.2 Å². The SMILES string of the molecule is C/C=C\CCC[C@H]1CC[C@H](C2CCC(COc3ccc(F)cc3)CC2)CC1. The van der Waals surface area contributed by atoms with E-state index in [1.165, 1.54) is 82.8 Å². The van der Waals surface area contributed by atoms with Gasteiger partial charge in [0.05, 0.1) is 6.61 Å². The monoisotopic (exact) mass is 372 g/mol. The second-order valence-electron chi connectivity index (χ2n) is 8.83. The number of unbranched alkanes of at least 4 members (excludes halogenated alkanes) is 1. The van der Waals surface area contributed by atoms with Gasteiger partial charge in [0.25, 0.3) is 0 Å². The number of allylic oxidation sites excluding steroid dienone is 2. The van der Waals surface area contributed by atoms with Crippen LogP contribution in [0.2, 0.25) is 0 Å². The normalized spacial score (nSPS) is 29.1. The van der Waals surface area contributed by atoms with Crippen LogP contribution in [0.25, 0.3) is 0 Å². The first-order valence-corrected chi connectivity index (χ1v) is 11.2. The summed E-state index contributed by atoms with van der Waals surface area (Å²) in [6.07, 6.45) is 19.8. The van der Waals surface area contributed by atoms with E-state index < -0.39 is 0 Å². The van der Waals surface area contributed by atoms with Crippen LogP contribution in [0, 0.1) is 29.5 Å². The number of benzene rings is 1. The summed E-state index contributed by atoms with van der Waals surface area (Å²) in [5.74, 6) is 4.20. The molecule has 0 aliphatic heterocycles. The van der Waals surface area contributed by atoms with Gasteiger partial charge in [-0.1, -0.05) is 31.4 Å². The predicted octanol–water partition coefficient (Wildman–Crippen LogP) is 7.56. The van der Waals surface area contributed by atoms with Gasteiger partial charge >= 0.3 is 0 Å². The highest BCUT2D eigenvalue weighted by atomic mass is 19.1. The molecule has 2 heteroatoms. The van der Waals surface area contributed by atoms with Gasteiger partial charge in [0, 0.05) is 0 Å². The van der Waals surface area contributed by atoms with Gasteiger partial charge in [0.1, 0.15) is 11.6 Å². The van der Waals surface area contributed by atoms with Gasteiger partial charge in [-0.05, 0) is 106 Å². The molecule has 0 radical (unpaired) electrons. The Morgan fingerprint density at radius 1 is 0.889 bits per heavy atom. The van der Waals surface area contributed by atoms with Crippen molar-refractivity contribution in [1.29, 1.82) is 0 Å². The average Bonchev–Trinajstić information content (AvgIpc) is 2.72. The number of rotatable bonds is 8.